The van der Waals surface area contributed by atoms with E-state index in [0.29, 0.717) is 0 Å². The van der Waals surface area contributed by atoms with Gasteiger partial charge in [-0.25, -0.2) is 13.9 Å². The van der Waals surface area contributed by atoms with Gasteiger partial charge in [-0.3, -0.25) is 0 Å². The van der Waals surface area contributed by atoms with E-state index in [1.54, 1.807) is 10.9 Å². The highest BCUT2D eigenvalue weighted by Crippen LogP contribution is 2.20. The summed E-state index contributed by atoms with van der Waals surface area (Å²) in [7, 11) is 0. The summed E-state index contributed by atoms with van der Waals surface area (Å²) in [6.45, 7) is 0.0306. The second-order valence-corrected chi connectivity index (χ2v) is 5.20. The molecule has 0 radical (unpaired) electrons. The molecule has 0 spiro atoms. The molecule has 3 rings (SSSR count). The zero-order valence-corrected chi connectivity index (χ0v) is 12.7. The molecule has 0 aliphatic rings. The second kappa shape index (κ2) is 6.62. The normalized spacial score (nSPS) is 10.5. The molecule has 0 bridgehead atoms. The van der Waals surface area contributed by atoms with E-state index >= 15 is 0 Å². The predicted molar refractivity (Wildman–Crippen MR) is 84.1 cm³/mol. The van der Waals surface area contributed by atoms with E-state index < -0.39 is 11.8 Å². The van der Waals surface area contributed by atoms with Crippen molar-refractivity contribution in [1.29, 1.82) is 0 Å². The summed E-state index contributed by atoms with van der Waals surface area (Å²) < 4.78 is 20.5. The van der Waals surface area contributed by atoms with Crippen LogP contribution in [0.2, 0.25) is 5.02 Å². The van der Waals surface area contributed by atoms with Crippen LogP contribution in [0.15, 0.2) is 60.9 Å². The number of hydrogen-bond donors (Lipinski definition) is 0. The Hall–Kier alpha value is -2.66. The van der Waals surface area contributed by atoms with E-state index in [0.717, 1.165) is 11.3 Å². The van der Waals surface area contributed by atoms with Crippen LogP contribution in [0.4, 0.5) is 4.39 Å². The fraction of sp³-hybridized carbons (Fsp3) is 0.0588. The summed E-state index contributed by atoms with van der Waals surface area (Å²) >= 11 is 5.83. The predicted octanol–water partition coefficient (Wildman–Crippen LogP) is 4.02. The number of ether oxygens (including phenoxy) is 1. The van der Waals surface area contributed by atoms with Crippen LogP contribution >= 0.6 is 11.6 Å². The number of benzene rings is 2. The summed E-state index contributed by atoms with van der Waals surface area (Å²) in [6, 6.07) is 13.2. The molecular weight excluding hydrogens is 319 g/mol. The quantitative estimate of drug-likeness (QED) is 0.679. The minimum Gasteiger partial charge on any atom is -0.457 e. The second-order valence-electron chi connectivity index (χ2n) is 4.79. The molecule has 6 heteroatoms. The average Bonchev–Trinajstić information content (AvgIpc) is 3.08. The lowest BCUT2D eigenvalue weighted by atomic mass is 10.2. The molecule has 4 nitrogen and oxygen atoms in total. The number of halogens is 2. The van der Waals surface area contributed by atoms with Crippen molar-refractivity contribution in [1.82, 2.24) is 9.78 Å². The molecule has 0 fully saturated rings. The number of nitrogens with zero attached hydrogens (tertiary/aromatic N) is 2. The zero-order chi connectivity index (χ0) is 16.2. The summed E-state index contributed by atoms with van der Waals surface area (Å²) in [5.74, 6) is -1.49. The number of aromatic nitrogens is 2. The molecule has 3 aromatic rings. The van der Waals surface area contributed by atoms with Gasteiger partial charge in [0.2, 0.25) is 0 Å². The fourth-order valence-corrected chi connectivity index (χ4v) is 2.32. The molecule has 1 heterocycles. The third-order valence-electron chi connectivity index (χ3n) is 3.24. The number of rotatable bonds is 4. The van der Waals surface area contributed by atoms with Crippen molar-refractivity contribution >= 4 is 17.6 Å². The minimum absolute atomic E-state index is 0.0306. The van der Waals surface area contributed by atoms with Crippen LogP contribution in [0.25, 0.3) is 5.69 Å². The highest BCUT2D eigenvalue weighted by atomic mass is 35.5. The first-order valence-electron chi connectivity index (χ1n) is 6.85. The Kier molecular flexibility index (Phi) is 4.39. The molecule has 0 N–H and O–H groups in total. The number of carbonyl (C=O) groups excluding carboxylic acids is 1. The van der Waals surface area contributed by atoms with Gasteiger partial charge in [0.25, 0.3) is 0 Å². The van der Waals surface area contributed by atoms with Crippen molar-refractivity contribution < 1.29 is 13.9 Å². The van der Waals surface area contributed by atoms with Crippen LogP contribution in [0.5, 0.6) is 0 Å². The Morgan fingerprint density at radius 3 is 2.61 bits per heavy atom. The lowest BCUT2D eigenvalue weighted by Crippen LogP contribution is -2.08. The SMILES string of the molecule is O=C(OCc1ccc(-n2cccn2)cc1)c1c(F)cccc1Cl. The summed E-state index contributed by atoms with van der Waals surface area (Å²) in [6.07, 6.45) is 3.52. The zero-order valence-electron chi connectivity index (χ0n) is 11.9. The molecule has 0 unspecified atom stereocenters. The first kappa shape index (κ1) is 15.2. The number of hydrogen-bond acceptors (Lipinski definition) is 3. The summed E-state index contributed by atoms with van der Waals surface area (Å²) in [5, 5.41) is 4.16. The fourth-order valence-electron chi connectivity index (χ4n) is 2.08. The van der Waals surface area contributed by atoms with E-state index in [4.69, 9.17) is 16.3 Å². The Bertz CT molecular complexity index is 797. The van der Waals surface area contributed by atoms with Crippen molar-refractivity contribution in [3.05, 3.63) is 82.9 Å². The largest absolute Gasteiger partial charge is 0.457 e. The summed E-state index contributed by atoms with van der Waals surface area (Å²) in [5.41, 5.74) is 1.42. The lowest BCUT2D eigenvalue weighted by Gasteiger charge is -2.08. The van der Waals surface area contributed by atoms with Crippen LogP contribution in [0.1, 0.15) is 15.9 Å². The van der Waals surface area contributed by atoms with Crippen LogP contribution in [-0.4, -0.2) is 15.7 Å². The monoisotopic (exact) mass is 330 g/mol. The Morgan fingerprint density at radius 1 is 1.17 bits per heavy atom. The number of esters is 1. The molecule has 23 heavy (non-hydrogen) atoms. The van der Waals surface area contributed by atoms with Crippen molar-refractivity contribution in [2.24, 2.45) is 0 Å². The van der Waals surface area contributed by atoms with Crippen molar-refractivity contribution in [3.8, 4) is 5.69 Å². The van der Waals surface area contributed by atoms with Gasteiger partial charge < -0.3 is 4.74 Å². The van der Waals surface area contributed by atoms with Gasteiger partial charge in [-0.15, -0.1) is 0 Å². The Labute approximate surface area is 137 Å². The van der Waals surface area contributed by atoms with Gasteiger partial charge in [-0.05, 0) is 35.9 Å². The van der Waals surface area contributed by atoms with Gasteiger partial charge in [0, 0.05) is 12.4 Å². The number of carbonyl (C=O) groups is 1. The smallest absolute Gasteiger partial charge is 0.342 e. The topological polar surface area (TPSA) is 44.1 Å². The van der Waals surface area contributed by atoms with E-state index in [1.165, 1.54) is 18.2 Å². The molecule has 0 amide bonds. The molecule has 116 valence electrons. The van der Waals surface area contributed by atoms with E-state index in [9.17, 15) is 9.18 Å². The van der Waals surface area contributed by atoms with Crippen LogP contribution in [0, 0.1) is 5.82 Å². The summed E-state index contributed by atoms with van der Waals surface area (Å²) in [4.78, 5) is 12.0. The molecule has 2 aromatic carbocycles. The van der Waals surface area contributed by atoms with E-state index in [-0.39, 0.29) is 17.2 Å². The van der Waals surface area contributed by atoms with Gasteiger partial charge in [0.05, 0.1) is 10.7 Å². The van der Waals surface area contributed by atoms with Gasteiger partial charge in [-0.2, -0.15) is 5.10 Å². The van der Waals surface area contributed by atoms with Crippen LogP contribution in [0.3, 0.4) is 0 Å². The van der Waals surface area contributed by atoms with Crippen LogP contribution in [-0.2, 0) is 11.3 Å². The molecular formula is C17H12ClFN2O2. The molecule has 0 aliphatic heterocycles. The molecule has 0 saturated heterocycles. The van der Waals surface area contributed by atoms with Crippen molar-refractivity contribution in [2.45, 2.75) is 6.61 Å². The highest BCUT2D eigenvalue weighted by Gasteiger charge is 2.17. The van der Waals surface area contributed by atoms with Gasteiger partial charge in [0.15, 0.2) is 0 Å². The standard InChI is InChI=1S/C17H12ClFN2O2/c18-14-3-1-4-15(19)16(14)17(22)23-11-12-5-7-13(8-6-12)21-10-2-9-20-21/h1-10H,11H2. The highest BCUT2D eigenvalue weighted by molar-refractivity contribution is 6.33. The van der Waals surface area contributed by atoms with Gasteiger partial charge in [-0.1, -0.05) is 29.8 Å². The van der Waals surface area contributed by atoms with Crippen molar-refractivity contribution in [3.63, 3.8) is 0 Å². The average molecular weight is 331 g/mol. The van der Waals surface area contributed by atoms with E-state index in [1.807, 2.05) is 36.5 Å². The minimum atomic E-state index is -0.788. The van der Waals surface area contributed by atoms with Crippen LogP contribution < -0.4 is 0 Å². The first-order chi connectivity index (χ1) is 11.1. The third-order valence-corrected chi connectivity index (χ3v) is 3.56. The maximum Gasteiger partial charge on any atom is 0.342 e. The Morgan fingerprint density at radius 2 is 1.96 bits per heavy atom. The van der Waals surface area contributed by atoms with E-state index in [2.05, 4.69) is 5.10 Å². The Balaban J connectivity index is 1.67. The molecule has 0 atom stereocenters. The lowest BCUT2D eigenvalue weighted by molar-refractivity contribution is 0.0467. The first-order valence-corrected chi connectivity index (χ1v) is 7.23. The molecule has 1 aromatic heterocycles. The van der Waals surface area contributed by atoms with Gasteiger partial charge in [0.1, 0.15) is 18.0 Å². The van der Waals surface area contributed by atoms with Gasteiger partial charge >= 0.3 is 5.97 Å². The maximum absolute atomic E-state index is 13.6. The maximum atomic E-state index is 13.6. The molecule has 0 aliphatic carbocycles. The molecule has 0 saturated carbocycles. The van der Waals surface area contributed by atoms with Crippen molar-refractivity contribution in [2.75, 3.05) is 0 Å². The third kappa shape index (κ3) is 3.40.